The number of nitro benzene ring substituents is 1. The predicted octanol–water partition coefficient (Wildman–Crippen LogP) is 5.67. The summed E-state index contributed by atoms with van der Waals surface area (Å²) in [6.07, 6.45) is 6.19. The van der Waals surface area contributed by atoms with Gasteiger partial charge in [-0.1, -0.05) is 18.2 Å². The highest BCUT2D eigenvalue weighted by molar-refractivity contribution is 5.95. The van der Waals surface area contributed by atoms with Gasteiger partial charge in [0.25, 0.3) is 11.6 Å². The largest absolute Gasteiger partial charge is 0.490 e. The van der Waals surface area contributed by atoms with Crippen molar-refractivity contribution in [3.8, 4) is 11.5 Å². The Balaban J connectivity index is 1.47. The Hall–Kier alpha value is -4.66. The van der Waals surface area contributed by atoms with E-state index >= 15 is 0 Å². The number of anilines is 1. The van der Waals surface area contributed by atoms with E-state index in [2.05, 4.69) is 22.0 Å². The molecule has 4 rings (SSSR count). The molecule has 0 bridgehead atoms. The van der Waals surface area contributed by atoms with Gasteiger partial charge < -0.3 is 14.4 Å². The molecule has 39 heavy (non-hydrogen) atoms. The molecular formula is C30H32N4O5. The van der Waals surface area contributed by atoms with Crippen LogP contribution in [0.2, 0.25) is 0 Å². The van der Waals surface area contributed by atoms with Crippen molar-refractivity contribution in [2.45, 2.75) is 32.8 Å². The van der Waals surface area contributed by atoms with Crippen molar-refractivity contribution >= 4 is 23.5 Å². The number of carbonyl (C=O) groups excluding carboxylic acids is 1. The van der Waals surface area contributed by atoms with Gasteiger partial charge in [0.15, 0.2) is 11.5 Å². The number of amides is 1. The molecule has 3 aromatic rings. The third-order valence-electron chi connectivity index (χ3n) is 6.30. The quantitative estimate of drug-likeness (QED) is 0.141. The molecule has 1 aliphatic heterocycles. The van der Waals surface area contributed by atoms with Crippen molar-refractivity contribution in [1.82, 2.24) is 5.43 Å². The van der Waals surface area contributed by atoms with Crippen LogP contribution in [0.15, 0.2) is 78.4 Å². The molecule has 0 unspecified atom stereocenters. The van der Waals surface area contributed by atoms with Gasteiger partial charge in [0, 0.05) is 42.0 Å². The second-order valence-corrected chi connectivity index (χ2v) is 9.09. The summed E-state index contributed by atoms with van der Waals surface area (Å²) in [6.45, 7) is 8.34. The van der Waals surface area contributed by atoms with Crippen LogP contribution in [0.3, 0.4) is 0 Å². The van der Waals surface area contributed by atoms with Crippen molar-refractivity contribution in [2.75, 3.05) is 24.6 Å². The van der Waals surface area contributed by atoms with Crippen LogP contribution in [-0.2, 0) is 13.0 Å². The topological polar surface area (TPSA) is 106 Å². The average molecular weight is 529 g/mol. The smallest absolute Gasteiger partial charge is 0.271 e. The van der Waals surface area contributed by atoms with E-state index in [-0.39, 0.29) is 18.2 Å². The fraction of sp³-hybridized carbons (Fsp3) is 0.267. The van der Waals surface area contributed by atoms with Gasteiger partial charge in [0.1, 0.15) is 6.61 Å². The van der Waals surface area contributed by atoms with E-state index in [9.17, 15) is 14.9 Å². The molecule has 0 saturated carbocycles. The molecule has 0 spiro atoms. The Morgan fingerprint density at radius 3 is 2.59 bits per heavy atom. The Kier molecular flexibility index (Phi) is 9.29. The number of benzene rings is 3. The number of hydrazone groups is 1. The fourth-order valence-electron chi connectivity index (χ4n) is 4.44. The van der Waals surface area contributed by atoms with E-state index in [4.69, 9.17) is 9.47 Å². The zero-order valence-corrected chi connectivity index (χ0v) is 22.0. The summed E-state index contributed by atoms with van der Waals surface area (Å²) in [4.78, 5) is 25.6. The van der Waals surface area contributed by atoms with Crippen LogP contribution in [0.1, 0.15) is 46.8 Å². The number of ether oxygens (including phenoxy) is 2. The van der Waals surface area contributed by atoms with Gasteiger partial charge in [-0.2, -0.15) is 5.10 Å². The van der Waals surface area contributed by atoms with Crippen molar-refractivity contribution in [3.63, 3.8) is 0 Å². The fourth-order valence-corrected chi connectivity index (χ4v) is 4.44. The minimum Gasteiger partial charge on any atom is -0.490 e. The number of nitro groups is 1. The van der Waals surface area contributed by atoms with Gasteiger partial charge in [0.05, 0.1) is 17.7 Å². The lowest BCUT2D eigenvalue weighted by molar-refractivity contribution is -0.384. The molecule has 3 aromatic carbocycles. The van der Waals surface area contributed by atoms with Crippen LogP contribution in [0, 0.1) is 10.1 Å². The van der Waals surface area contributed by atoms with E-state index in [1.807, 2.05) is 25.1 Å². The van der Waals surface area contributed by atoms with E-state index in [1.54, 1.807) is 42.6 Å². The van der Waals surface area contributed by atoms with Crippen molar-refractivity contribution in [3.05, 3.63) is 106 Å². The molecule has 1 fully saturated rings. The standard InChI is InChI=1S/C30H32N4O5/c1-3-8-25-17-23(20-31-32-30(35)24-11-13-26(14-12-24)33-15-5-6-16-33)19-28(38-4-2)29(25)39-21-22-9-7-10-27(18-22)34(36)37/h3,7,9-14,17-20H,1,4-6,8,15-16,21H2,2H3,(H,32,35)/b31-20-. The lowest BCUT2D eigenvalue weighted by atomic mass is 10.1. The Labute approximate surface area is 227 Å². The van der Waals surface area contributed by atoms with Crippen molar-refractivity contribution in [1.29, 1.82) is 0 Å². The first kappa shape index (κ1) is 27.4. The van der Waals surface area contributed by atoms with E-state index in [0.29, 0.717) is 41.2 Å². The highest BCUT2D eigenvalue weighted by atomic mass is 16.6. The average Bonchev–Trinajstić information content (AvgIpc) is 3.48. The third-order valence-corrected chi connectivity index (χ3v) is 6.30. The molecule has 1 aliphatic rings. The molecule has 1 saturated heterocycles. The molecular weight excluding hydrogens is 496 g/mol. The van der Waals surface area contributed by atoms with Crippen molar-refractivity contribution < 1.29 is 19.2 Å². The lowest BCUT2D eigenvalue weighted by Crippen LogP contribution is -2.19. The van der Waals surface area contributed by atoms with Crippen LogP contribution in [0.5, 0.6) is 11.5 Å². The Morgan fingerprint density at radius 2 is 1.90 bits per heavy atom. The van der Waals surface area contributed by atoms with Crippen LogP contribution in [-0.4, -0.2) is 36.7 Å². The highest BCUT2D eigenvalue weighted by Crippen LogP contribution is 2.34. The summed E-state index contributed by atoms with van der Waals surface area (Å²) < 4.78 is 11.9. The summed E-state index contributed by atoms with van der Waals surface area (Å²) in [6, 6.07) is 17.5. The number of carbonyl (C=O) groups is 1. The number of non-ortho nitro benzene ring substituents is 1. The van der Waals surface area contributed by atoms with Crippen LogP contribution in [0.4, 0.5) is 11.4 Å². The zero-order chi connectivity index (χ0) is 27.6. The molecule has 1 heterocycles. The van der Waals surface area contributed by atoms with Crippen LogP contribution >= 0.6 is 0 Å². The molecule has 9 nitrogen and oxygen atoms in total. The summed E-state index contributed by atoms with van der Waals surface area (Å²) in [5.74, 6) is 0.738. The molecule has 0 aliphatic carbocycles. The van der Waals surface area contributed by atoms with Crippen LogP contribution in [0.25, 0.3) is 0 Å². The van der Waals surface area contributed by atoms with Gasteiger partial charge >= 0.3 is 0 Å². The molecule has 1 N–H and O–H groups in total. The number of hydrogen-bond acceptors (Lipinski definition) is 7. The number of hydrogen-bond donors (Lipinski definition) is 1. The minimum absolute atomic E-state index is 0.00332. The van der Waals surface area contributed by atoms with Gasteiger partial charge in [-0.3, -0.25) is 14.9 Å². The highest BCUT2D eigenvalue weighted by Gasteiger charge is 2.15. The molecule has 1 amide bonds. The lowest BCUT2D eigenvalue weighted by Gasteiger charge is -2.17. The molecule has 9 heteroatoms. The van der Waals surface area contributed by atoms with Gasteiger partial charge in [0.2, 0.25) is 0 Å². The van der Waals surface area contributed by atoms with Gasteiger partial charge in [-0.05, 0) is 73.7 Å². The maximum atomic E-state index is 12.6. The summed E-state index contributed by atoms with van der Waals surface area (Å²) in [5.41, 5.74) is 6.43. The van der Waals surface area contributed by atoms with E-state index < -0.39 is 4.92 Å². The second-order valence-electron chi connectivity index (χ2n) is 9.09. The monoisotopic (exact) mass is 528 g/mol. The van der Waals surface area contributed by atoms with Gasteiger partial charge in [-0.25, -0.2) is 5.43 Å². The minimum atomic E-state index is -0.436. The zero-order valence-electron chi connectivity index (χ0n) is 22.0. The number of nitrogens with one attached hydrogen (secondary N) is 1. The summed E-state index contributed by atoms with van der Waals surface area (Å²) >= 11 is 0. The van der Waals surface area contributed by atoms with E-state index in [1.165, 1.54) is 25.0 Å². The Bertz CT molecular complexity index is 1350. The first-order valence-corrected chi connectivity index (χ1v) is 12.9. The molecule has 0 atom stereocenters. The number of nitrogens with zero attached hydrogens (tertiary/aromatic N) is 3. The normalized spacial score (nSPS) is 12.9. The van der Waals surface area contributed by atoms with Gasteiger partial charge in [-0.15, -0.1) is 6.58 Å². The predicted molar refractivity (Wildman–Crippen MR) is 152 cm³/mol. The Morgan fingerprint density at radius 1 is 1.13 bits per heavy atom. The SMILES string of the molecule is C=CCc1cc(/C=N\NC(=O)c2ccc(N3CCCC3)cc2)cc(OCC)c1OCc1cccc([N+](=O)[O-])c1. The molecule has 0 aromatic heterocycles. The van der Waals surface area contributed by atoms with Crippen molar-refractivity contribution in [2.24, 2.45) is 5.10 Å². The first-order valence-electron chi connectivity index (χ1n) is 12.9. The summed E-state index contributed by atoms with van der Waals surface area (Å²) in [5, 5.41) is 15.3. The maximum Gasteiger partial charge on any atom is 0.271 e. The number of rotatable bonds is 12. The van der Waals surface area contributed by atoms with E-state index in [0.717, 1.165) is 24.3 Å². The van der Waals surface area contributed by atoms with Crippen LogP contribution < -0.4 is 19.8 Å². The second kappa shape index (κ2) is 13.2. The summed E-state index contributed by atoms with van der Waals surface area (Å²) in [7, 11) is 0. The maximum absolute atomic E-state index is 12.6. The molecule has 0 radical (unpaired) electrons. The molecule has 202 valence electrons. The number of allylic oxidation sites excluding steroid dienone is 1. The first-order chi connectivity index (χ1) is 19.0. The third kappa shape index (κ3) is 7.22.